The molecule has 0 aromatic heterocycles. The van der Waals surface area contributed by atoms with Crippen LogP contribution in [-0.2, 0) is 0 Å². The van der Waals surface area contributed by atoms with Crippen LogP contribution in [0.4, 0.5) is 0 Å². The van der Waals surface area contributed by atoms with Crippen molar-refractivity contribution in [1.29, 1.82) is 5.26 Å². The van der Waals surface area contributed by atoms with Gasteiger partial charge in [0, 0.05) is 18.1 Å². The molecule has 0 aromatic carbocycles. The number of nitrogens with one attached hydrogen (secondary N) is 1. The smallest absolute Gasteiger partial charge is 0.108 e. The van der Waals surface area contributed by atoms with Gasteiger partial charge in [-0.25, -0.2) is 0 Å². The average molecular weight is 277 g/mol. The van der Waals surface area contributed by atoms with Crippen LogP contribution in [0.5, 0.6) is 0 Å². The Hall–Kier alpha value is -0.590. The zero-order valence-corrected chi connectivity index (χ0v) is 13.7. The Morgan fingerprint density at radius 1 is 1.30 bits per heavy atom. The molecule has 0 radical (unpaired) electrons. The Morgan fingerprint density at radius 3 is 2.55 bits per heavy atom. The molecular weight excluding hydrogens is 246 g/mol. The van der Waals surface area contributed by atoms with Crippen molar-refractivity contribution in [2.24, 2.45) is 5.92 Å². The second kappa shape index (κ2) is 6.45. The summed E-state index contributed by atoms with van der Waals surface area (Å²) < 4.78 is 0. The molecule has 2 aliphatic rings. The summed E-state index contributed by atoms with van der Waals surface area (Å²) in [5.74, 6) is 0.737. The van der Waals surface area contributed by atoms with E-state index in [0.717, 1.165) is 18.8 Å². The topological polar surface area (TPSA) is 39.1 Å². The molecule has 3 unspecified atom stereocenters. The summed E-state index contributed by atoms with van der Waals surface area (Å²) in [5.41, 5.74) is -0.254. The lowest BCUT2D eigenvalue weighted by atomic mass is 9.78. The van der Waals surface area contributed by atoms with Crippen molar-refractivity contribution in [3.05, 3.63) is 0 Å². The molecule has 0 bridgehead atoms. The standard InChI is InChI=1S/C17H31N3/c1-13(2)10-14(3)20(4)16-6-5-9-17(11-16,12-18)19-15-7-8-15/h13-16,19H,5-11H2,1-4H3. The van der Waals surface area contributed by atoms with Crippen molar-refractivity contribution in [1.82, 2.24) is 10.2 Å². The van der Waals surface area contributed by atoms with Gasteiger partial charge in [0.1, 0.15) is 5.54 Å². The van der Waals surface area contributed by atoms with E-state index in [4.69, 9.17) is 0 Å². The van der Waals surface area contributed by atoms with Crippen molar-refractivity contribution in [2.45, 2.75) is 89.4 Å². The van der Waals surface area contributed by atoms with Gasteiger partial charge in [0.05, 0.1) is 6.07 Å². The second-order valence-corrected chi connectivity index (χ2v) is 7.51. The Bertz CT molecular complexity index is 356. The van der Waals surface area contributed by atoms with Gasteiger partial charge in [-0.15, -0.1) is 0 Å². The Labute approximate surface area is 124 Å². The van der Waals surface area contributed by atoms with E-state index in [2.05, 4.69) is 44.1 Å². The summed E-state index contributed by atoms with van der Waals surface area (Å²) in [7, 11) is 2.25. The van der Waals surface area contributed by atoms with Gasteiger partial charge >= 0.3 is 0 Å². The first-order chi connectivity index (χ1) is 9.46. The molecule has 2 saturated carbocycles. The number of nitriles is 1. The largest absolute Gasteiger partial charge is 0.301 e. The molecule has 20 heavy (non-hydrogen) atoms. The zero-order chi connectivity index (χ0) is 14.8. The molecule has 3 heteroatoms. The van der Waals surface area contributed by atoms with E-state index in [1.807, 2.05) is 0 Å². The molecule has 2 rings (SSSR count). The lowest BCUT2D eigenvalue weighted by molar-refractivity contribution is 0.102. The molecule has 0 aliphatic heterocycles. The Kier molecular flexibility index (Phi) is 5.09. The van der Waals surface area contributed by atoms with E-state index in [1.165, 1.54) is 32.1 Å². The normalized spacial score (nSPS) is 32.4. The van der Waals surface area contributed by atoms with Crippen molar-refractivity contribution in [2.75, 3.05) is 7.05 Å². The number of nitrogens with zero attached hydrogens (tertiary/aromatic N) is 2. The van der Waals surface area contributed by atoms with Gasteiger partial charge in [0.2, 0.25) is 0 Å². The van der Waals surface area contributed by atoms with Crippen molar-refractivity contribution in [3.63, 3.8) is 0 Å². The number of rotatable bonds is 6. The van der Waals surface area contributed by atoms with E-state index in [-0.39, 0.29) is 5.54 Å². The number of hydrogen-bond acceptors (Lipinski definition) is 3. The van der Waals surface area contributed by atoms with Gasteiger partial charge in [-0.05, 0) is 64.8 Å². The van der Waals surface area contributed by atoms with E-state index < -0.39 is 0 Å². The highest BCUT2D eigenvalue weighted by Crippen LogP contribution is 2.35. The van der Waals surface area contributed by atoms with Gasteiger partial charge in [-0.2, -0.15) is 5.26 Å². The van der Waals surface area contributed by atoms with Crippen molar-refractivity contribution in [3.8, 4) is 6.07 Å². The predicted molar refractivity (Wildman–Crippen MR) is 83.4 cm³/mol. The summed E-state index contributed by atoms with van der Waals surface area (Å²) in [5, 5.41) is 13.3. The van der Waals surface area contributed by atoms with Gasteiger partial charge in [-0.3, -0.25) is 5.32 Å². The summed E-state index contributed by atoms with van der Waals surface area (Å²) in [4.78, 5) is 2.53. The highest BCUT2D eigenvalue weighted by Gasteiger charge is 2.41. The van der Waals surface area contributed by atoms with Crippen LogP contribution in [0, 0.1) is 17.2 Å². The molecule has 0 saturated heterocycles. The molecule has 2 aliphatic carbocycles. The zero-order valence-electron chi connectivity index (χ0n) is 13.7. The molecule has 3 atom stereocenters. The van der Waals surface area contributed by atoms with Crippen LogP contribution in [0.25, 0.3) is 0 Å². The third-order valence-electron chi connectivity index (χ3n) is 5.08. The summed E-state index contributed by atoms with van der Waals surface area (Å²) >= 11 is 0. The van der Waals surface area contributed by atoms with E-state index in [1.54, 1.807) is 0 Å². The third-order valence-corrected chi connectivity index (χ3v) is 5.08. The molecular formula is C17H31N3. The maximum Gasteiger partial charge on any atom is 0.108 e. The quantitative estimate of drug-likeness (QED) is 0.809. The lowest BCUT2D eigenvalue weighted by Gasteiger charge is -2.43. The highest BCUT2D eigenvalue weighted by atomic mass is 15.2. The molecule has 0 amide bonds. The van der Waals surface area contributed by atoms with Gasteiger partial charge < -0.3 is 4.90 Å². The lowest BCUT2D eigenvalue weighted by Crippen LogP contribution is -2.54. The van der Waals surface area contributed by atoms with Crippen LogP contribution in [0.1, 0.15) is 65.7 Å². The fraction of sp³-hybridized carbons (Fsp3) is 0.941. The monoisotopic (exact) mass is 277 g/mol. The first-order valence-corrected chi connectivity index (χ1v) is 8.36. The van der Waals surface area contributed by atoms with Crippen LogP contribution in [-0.4, -0.2) is 35.6 Å². The maximum atomic E-state index is 9.67. The van der Waals surface area contributed by atoms with Gasteiger partial charge in [0.25, 0.3) is 0 Å². The third kappa shape index (κ3) is 3.96. The molecule has 0 spiro atoms. The van der Waals surface area contributed by atoms with Crippen LogP contribution < -0.4 is 5.32 Å². The van der Waals surface area contributed by atoms with Crippen molar-refractivity contribution < 1.29 is 0 Å². The van der Waals surface area contributed by atoms with E-state index in [9.17, 15) is 5.26 Å². The average Bonchev–Trinajstić information content (AvgIpc) is 3.21. The van der Waals surface area contributed by atoms with Crippen LogP contribution in [0.15, 0.2) is 0 Å². The minimum Gasteiger partial charge on any atom is -0.301 e. The molecule has 0 heterocycles. The van der Waals surface area contributed by atoms with Crippen LogP contribution in [0.3, 0.4) is 0 Å². The van der Waals surface area contributed by atoms with Crippen molar-refractivity contribution >= 4 is 0 Å². The fourth-order valence-corrected chi connectivity index (χ4v) is 3.69. The molecule has 3 nitrogen and oxygen atoms in total. The van der Waals surface area contributed by atoms with Crippen LogP contribution >= 0.6 is 0 Å². The summed E-state index contributed by atoms with van der Waals surface area (Å²) in [6.07, 6.45) is 8.21. The minimum atomic E-state index is -0.254. The fourth-order valence-electron chi connectivity index (χ4n) is 3.69. The highest BCUT2D eigenvalue weighted by molar-refractivity contribution is 5.13. The first-order valence-electron chi connectivity index (χ1n) is 8.36. The Morgan fingerprint density at radius 2 is 2.00 bits per heavy atom. The second-order valence-electron chi connectivity index (χ2n) is 7.51. The summed E-state index contributed by atoms with van der Waals surface area (Å²) in [6, 6.07) is 4.40. The number of hydrogen-bond donors (Lipinski definition) is 1. The minimum absolute atomic E-state index is 0.254. The molecule has 114 valence electrons. The molecule has 0 aromatic rings. The predicted octanol–water partition coefficient (Wildman–Crippen LogP) is 3.31. The van der Waals surface area contributed by atoms with Gasteiger partial charge in [-0.1, -0.05) is 13.8 Å². The SMILES string of the molecule is CC(C)CC(C)N(C)C1CCCC(C#N)(NC2CC2)C1. The molecule has 2 fully saturated rings. The maximum absolute atomic E-state index is 9.67. The van der Waals surface area contributed by atoms with Gasteiger partial charge in [0.15, 0.2) is 0 Å². The van der Waals surface area contributed by atoms with Crippen LogP contribution in [0.2, 0.25) is 0 Å². The van der Waals surface area contributed by atoms with E-state index >= 15 is 0 Å². The summed E-state index contributed by atoms with van der Waals surface area (Å²) in [6.45, 7) is 6.91. The molecule has 1 N–H and O–H groups in total. The van der Waals surface area contributed by atoms with E-state index in [0.29, 0.717) is 18.1 Å². The first kappa shape index (κ1) is 15.8. The Balaban J connectivity index is 1.96.